The second-order valence-corrected chi connectivity index (χ2v) is 4.66. The monoisotopic (exact) mass is 252 g/mol. The Labute approximate surface area is 102 Å². The molecule has 0 aliphatic carbocycles. The lowest BCUT2D eigenvalue weighted by atomic mass is 10.1. The standard InChI is InChI=1S/C13H10F2OS/c14-11-5-3-9(8-12(11)15)13(16)6-4-10-2-1-7-17-10/h1-3,5,7-8H,4,6H2. The van der Waals surface area contributed by atoms with E-state index in [4.69, 9.17) is 0 Å². The molecule has 0 saturated carbocycles. The first-order valence-electron chi connectivity index (χ1n) is 5.17. The van der Waals surface area contributed by atoms with Crippen LogP contribution in [0.4, 0.5) is 8.78 Å². The van der Waals surface area contributed by atoms with Crippen LogP contribution in [0.3, 0.4) is 0 Å². The van der Waals surface area contributed by atoms with Crippen molar-refractivity contribution >= 4 is 17.1 Å². The van der Waals surface area contributed by atoms with Crippen LogP contribution >= 0.6 is 11.3 Å². The van der Waals surface area contributed by atoms with Gasteiger partial charge < -0.3 is 0 Å². The van der Waals surface area contributed by atoms with E-state index in [1.165, 1.54) is 6.07 Å². The minimum absolute atomic E-state index is 0.169. The first-order chi connectivity index (χ1) is 8.16. The molecule has 88 valence electrons. The lowest BCUT2D eigenvalue weighted by Gasteiger charge is -2.01. The molecule has 0 fully saturated rings. The second kappa shape index (κ2) is 5.19. The van der Waals surface area contributed by atoms with Gasteiger partial charge in [0.1, 0.15) is 0 Å². The molecule has 1 nitrogen and oxygen atoms in total. The molecule has 17 heavy (non-hydrogen) atoms. The summed E-state index contributed by atoms with van der Waals surface area (Å²) < 4.78 is 25.6. The van der Waals surface area contributed by atoms with Crippen LogP contribution in [0.1, 0.15) is 21.7 Å². The minimum Gasteiger partial charge on any atom is -0.294 e. The number of carbonyl (C=O) groups is 1. The summed E-state index contributed by atoms with van der Waals surface area (Å²) in [5.74, 6) is -2.08. The summed E-state index contributed by atoms with van der Waals surface area (Å²) in [5, 5.41) is 1.94. The fraction of sp³-hybridized carbons (Fsp3) is 0.154. The Hall–Kier alpha value is -1.55. The van der Waals surface area contributed by atoms with Crippen LogP contribution < -0.4 is 0 Å². The fourth-order valence-corrected chi connectivity index (χ4v) is 2.21. The largest absolute Gasteiger partial charge is 0.294 e. The van der Waals surface area contributed by atoms with Gasteiger partial charge >= 0.3 is 0 Å². The Bertz CT molecular complexity index is 520. The predicted octanol–water partition coefficient (Wildman–Crippen LogP) is 3.84. The van der Waals surface area contributed by atoms with Crippen LogP contribution in [0, 0.1) is 11.6 Å². The molecule has 0 saturated heterocycles. The number of ketones is 1. The van der Waals surface area contributed by atoms with Crippen molar-refractivity contribution < 1.29 is 13.6 Å². The Kier molecular flexibility index (Phi) is 3.64. The van der Waals surface area contributed by atoms with Crippen LogP contribution in [0.2, 0.25) is 0 Å². The van der Waals surface area contributed by atoms with Gasteiger partial charge in [-0.3, -0.25) is 4.79 Å². The van der Waals surface area contributed by atoms with E-state index in [9.17, 15) is 13.6 Å². The van der Waals surface area contributed by atoms with E-state index >= 15 is 0 Å². The molecule has 2 aromatic rings. The van der Waals surface area contributed by atoms with E-state index in [0.29, 0.717) is 12.8 Å². The molecule has 0 amide bonds. The third kappa shape index (κ3) is 2.97. The molecule has 0 spiro atoms. The summed E-state index contributed by atoms with van der Waals surface area (Å²) in [6, 6.07) is 7.11. The summed E-state index contributed by atoms with van der Waals surface area (Å²) in [5.41, 5.74) is 0.223. The van der Waals surface area contributed by atoms with Crippen LogP contribution in [0.5, 0.6) is 0 Å². The number of hydrogen-bond acceptors (Lipinski definition) is 2. The number of aryl methyl sites for hydroxylation is 1. The van der Waals surface area contributed by atoms with E-state index in [2.05, 4.69) is 0 Å². The maximum absolute atomic E-state index is 12.9. The molecule has 0 radical (unpaired) electrons. The smallest absolute Gasteiger partial charge is 0.163 e. The Morgan fingerprint density at radius 1 is 1.18 bits per heavy atom. The van der Waals surface area contributed by atoms with E-state index in [-0.39, 0.29) is 11.3 Å². The highest BCUT2D eigenvalue weighted by Gasteiger charge is 2.10. The number of carbonyl (C=O) groups excluding carboxylic acids is 1. The summed E-state index contributed by atoms with van der Waals surface area (Å²) in [7, 11) is 0. The average Bonchev–Trinajstić information content (AvgIpc) is 2.82. The Morgan fingerprint density at radius 2 is 2.00 bits per heavy atom. The summed E-state index contributed by atoms with van der Waals surface area (Å²) >= 11 is 1.58. The highest BCUT2D eigenvalue weighted by molar-refractivity contribution is 7.09. The SMILES string of the molecule is O=C(CCc1cccs1)c1ccc(F)c(F)c1. The van der Waals surface area contributed by atoms with Crippen molar-refractivity contribution in [3.8, 4) is 0 Å². The fourth-order valence-electron chi connectivity index (χ4n) is 1.51. The highest BCUT2D eigenvalue weighted by atomic mass is 32.1. The first kappa shape index (κ1) is 11.9. The molecular formula is C13H10F2OS. The van der Waals surface area contributed by atoms with Crippen molar-refractivity contribution in [3.05, 3.63) is 57.8 Å². The number of rotatable bonds is 4. The molecule has 1 aromatic heterocycles. The molecule has 1 heterocycles. The van der Waals surface area contributed by atoms with Gasteiger partial charge in [0.05, 0.1) is 0 Å². The summed E-state index contributed by atoms with van der Waals surface area (Å²) in [6.07, 6.45) is 0.946. The molecule has 1 aromatic carbocycles. The van der Waals surface area contributed by atoms with E-state index in [0.717, 1.165) is 17.0 Å². The Balaban J connectivity index is 2.02. The highest BCUT2D eigenvalue weighted by Crippen LogP contribution is 2.15. The molecule has 0 bridgehead atoms. The zero-order valence-corrected chi connectivity index (χ0v) is 9.77. The maximum atomic E-state index is 12.9. The van der Waals surface area contributed by atoms with Crippen molar-refractivity contribution in [2.45, 2.75) is 12.8 Å². The van der Waals surface area contributed by atoms with Crippen molar-refractivity contribution in [2.24, 2.45) is 0 Å². The topological polar surface area (TPSA) is 17.1 Å². The van der Waals surface area contributed by atoms with Gasteiger partial charge in [0.15, 0.2) is 17.4 Å². The number of halogens is 2. The van der Waals surface area contributed by atoms with Crippen molar-refractivity contribution in [2.75, 3.05) is 0 Å². The van der Waals surface area contributed by atoms with Gasteiger partial charge in [0, 0.05) is 16.9 Å². The number of thiophene rings is 1. The number of hydrogen-bond donors (Lipinski definition) is 0. The normalized spacial score (nSPS) is 10.5. The lowest BCUT2D eigenvalue weighted by molar-refractivity contribution is 0.0982. The van der Waals surface area contributed by atoms with Gasteiger partial charge in [-0.1, -0.05) is 6.07 Å². The zero-order chi connectivity index (χ0) is 12.3. The van der Waals surface area contributed by atoms with Gasteiger partial charge in [0.25, 0.3) is 0 Å². The van der Waals surface area contributed by atoms with Gasteiger partial charge in [-0.2, -0.15) is 0 Å². The quantitative estimate of drug-likeness (QED) is 0.755. The van der Waals surface area contributed by atoms with E-state index < -0.39 is 11.6 Å². The molecule has 0 aliphatic rings. The molecule has 2 rings (SSSR count). The lowest BCUT2D eigenvalue weighted by Crippen LogP contribution is -2.01. The van der Waals surface area contributed by atoms with Gasteiger partial charge in [0.2, 0.25) is 0 Å². The van der Waals surface area contributed by atoms with Gasteiger partial charge in [-0.05, 0) is 36.1 Å². The van der Waals surface area contributed by atoms with Crippen LogP contribution in [-0.2, 0) is 6.42 Å². The summed E-state index contributed by atoms with van der Waals surface area (Å²) in [4.78, 5) is 12.8. The van der Waals surface area contributed by atoms with Gasteiger partial charge in [-0.25, -0.2) is 8.78 Å². The van der Waals surface area contributed by atoms with Crippen LogP contribution in [-0.4, -0.2) is 5.78 Å². The number of Topliss-reactive ketones (excluding diaryl/α,β-unsaturated/α-hetero) is 1. The Morgan fingerprint density at radius 3 is 2.65 bits per heavy atom. The molecule has 0 unspecified atom stereocenters. The first-order valence-corrected chi connectivity index (χ1v) is 6.05. The van der Waals surface area contributed by atoms with Crippen LogP contribution in [0.15, 0.2) is 35.7 Å². The maximum Gasteiger partial charge on any atom is 0.163 e. The second-order valence-electron chi connectivity index (χ2n) is 3.63. The molecular weight excluding hydrogens is 242 g/mol. The van der Waals surface area contributed by atoms with Gasteiger partial charge in [-0.15, -0.1) is 11.3 Å². The third-order valence-corrected chi connectivity index (χ3v) is 3.36. The van der Waals surface area contributed by atoms with Crippen LogP contribution in [0.25, 0.3) is 0 Å². The zero-order valence-electron chi connectivity index (χ0n) is 8.95. The predicted molar refractivity (Wildman–Crippen MR) is 63.3 cm³/mol. The van der Waals surface area contributed by atoms with Crippen molar-refractivity contribution in [3.63, 3.8) is 0 Å². The minimum atomic E-state index is -0.980. The molecule has 4 heteroatoms. The van der Waals surface area contributed by atoms with E-state index in [1.54, 1.807) is 11.3 Å². The molecule has 0 atom stereocenters. The molecule has 0 N–H and O–H groups in total. The van der Waals surface area contributed by atoms with E-state index in [1.807, 2.05) is 17.5 Å². The molecule has 0 aliphatic heterocycles. The number of benzene rings is 1. The third-order valence-electron chi connectivity index (χ3n) is 2.42. The van der Waals surface area contributed by atoms with Crippen molar-refractivity contribution in [1.82, 2.24) is 0 Å². The average molecular weight is 252 g/mol. The van der Waals surface area contributed by atoms with Crippen molar-refractivity contribution in [1.29, 1.82) is 0 Å². The summed E-state index contributed by atoms with van der Waals surface area (Å²) in [6.45, 7) is 0.